The van der Waals surface area contributed by atoms with E-state index in [9.17, 15) is 4.79 Å². The van der Waals surface area contributed by atoms with Gasteiger partial charge in [0.05, 0.1) is 18.1 Å². The van der Waals surface area contributed by atoms with Crippen LogP contribution in [0.3, 0.4) is 0 Å². The van der Waals surface area contributed by atoms with Crippen LogP contribution in [0.15, 0.2) is 48.5 Å². The lowest BCUT2D eigenvalue weighted by atomic mass is 10.1. The number of aryl methyl sites for hydroxylation is 2. The smallest absolute Gasteiger partial charge is 0.251 e. The molecule has 1 amide bonds. The molecule has 1 N–H and O–H groups in total. The minimum atomic E-state index is -0.0710. The summed E-state index contributed by atoms with van der Waals surface area (Å²) in [6, 6.07) is 15.6. The largest absolute Gasteiger partial charge is 0.497 e. The van der Waals surface area contributed by atoms with Gasteiger partial charge in [-0.1, -0.05) is 50.8 Å². The normalized spacial score (nSPS) is 11.0. The lowest BCUT2D eigenvalue weighted by Gasteiger charge is -2.10. The fourth-order valence-electron chi connectivity index (χ4n) is 3.75. The summed E-state index contributed by atoms with van der Waals surface area (Å²) in [6.45, 7) is 3.88. The lowest BCUT2D eigenvalue weighted by molar-refractivity contribution is 0.0953. The maximum Gasteiger partial charge on any atom is 0.251 e. The number of imidazole rings is 1. The van der Waals surface area contributed by atoms with Crippen molar-refractivity contribution in [1.29, 1.82) is 0 Å². The van der Waals surface area contributed by atoms with Crippen LogP contribution in [0.25, 0.3) is 11.0 Å². The van der Waals surface area contributed by atoms with Gasteiger partial charge < -0.3 is 14.6 Å². The Morgan fingerprint density at radius 2 is 1.87 bits per heavy atom. The van der Waals surface area contributed by atoms with E-state index in [-0.39, 0.29) is 5.91 Å². The van der Waals surface area contributed by atoms with Gasteiger partial charge in [0.2, 0.25) is 0 Å². The highest BCUT2D eigenvalue weighted by Gasteiger charge is 2.11. The van der Waals surface area contributed by atoms with Gasteiger partial charge in [0.25, 0.3) is 5.91 Å². The van der Waals surface area contributed by atoms with Crippen LogP contribution in [-0.2, 0) is 13.0 Å². The predicted octanol–water partition coefficient (Wildman–Crippen LogP) is 5.38. The summed E-state index contributed by atoms with van der Waals surface area (Å²) in [5.74, 6) is 1.73. The number of nitrogens with zero attached hydrogens (tertiary/aromatic N) is 2. The molecule has 30 heavy (non-hydrogen) atoms. The second kappa shape index (κ2) is 11.4. The van der Waals surface area contributed by atoms with Crippen LogP contribution in [0.5, 0.6) is 5.75 Å². The predicted molar refractivity (Wildman–Crippen MR) is 122 cm³/mol. The molecule has 1 heterocycles. The number of carbonyl (C=O) groups is 1. The summed E-state index contributed by atoms with van der Waals surface area (Å²) in [5, 5.41) is 3.01. The molecule has 3 rings (SSSR count). The molecule has 0 aliphatic heterocycles. The minimum absolute atomic E-state index is 0.0710. The first-order valence-corrected chi connectivity index (χ1v) is 11.1. The van der Waals surface area contributed by atoms with Crippen LogP contribution in [0.1, 0.15) is 61.6 Å². The molecule has 0 fully saturated rings. The molecule has 160 valence electrons. The van der Waals surface area contributed by atoms with Gasteiger partial charge in [-0.15, -0.1) is 0 Å². The molecule has 1 aromatic heterocycles. The average Bonchev–Trinajstić information content (AvgIpc) is 3.14. The Bertz CT molecular complexity index is 948. The van der Waals surface area contributed by atoms with Gasteiger partial charge in [-0.25, -0.2) is 4.98 Å². The van der Waals surface area contributed by atoms with E-state index in [0.29, 0.717) is 17.9 Å². The van der Waals surface area contributed by atoms with E-state index in [0.717, 1.165) is 30.7 Å². The average molecular weight is 408 g/mol. The first kappa shape index (κ1) is 21.9. The quantitative estimate of drug-likeness (QED) is 0.410. The van der Waals surface area contributed by atoms with E-state index in [4.69, 9.17) is 9.72 Å². The number of benzene rings is 2. The van der Waals surface area contributed by atoms with Crippen molar-refractivity contribution < 1.29 is 9.53 Å². The molecule has 0 radical (unpaired) electrons. The molecular formula is C25H33N3O2. The van der Waals surface area contributed by atoms with Crippen LogP contribution in [0.4, 0.5) is 0 Å². The van der Waals surface area contributed by atoms with Crippen molar-refractivity contribution >= 4 is 16.9 Å². The van der Waals surface area contributed by atoms with Crippen LogP contribution in [-0.4, -0.2) is 29.1 Å². The van der Waals surface area contributed by atoms with E-state index >= 15 is 0 Å². The summed E-state index contributed by atoms with van der Waals surface area (Å²) in [7, 11) is 1.60. The molecular weight excluding hydrogens is 374 g/mol. The molecule has 2 aromatic carbocycles. The van der Waals surface area contributed by atoms with Gasteiger partial charge in [0, 0.05) is 25.1 Å². The second-order valence-electron chi connectivity index (χ2n) is 7.67. The van der Waals surface area contributed by atoms with Crippen molar-refractivity contribution in [3.63, 3.8) is 0 Å². The third-order valence-electron chi connectivity index (χ3n) is 5.41. The van der Waals surface area contributed by atoms with Crippen molar-refractivity contribution in [2.45, 2.75) is 58.4 Å². The number of carbonyl (C=O) groups excluding carboxylic acids is 1. The monoisotopic (exact) mass is 407 g/mol. The standard InChI is InChI=1S/C25H33N3O2/c1-3-4-5-6-9-18-28-23-15-8-7-14-22(23)27-24(28)16-11-17-26-25(29)20-12-10-13-21(19-20)30-2/h7-8,10,12-15,19H,3-6,9,11,16-18H2,1-2H3,(H,26,29). The molecule has 0 saturated heterocycles. The highest BCUT2D eigenvalue weighted by atomic mass is 16.5. The number of para-hydroxylation sites is 2. The number of amides is 1. The number of unbranched alkanes of at least 4 members (excludes halogenated alkanes) is 4. The number of aromatic nitrogens is 2. The zero-order valence-corrected chi connectivity index (χ0v) is 18.2. The van der Waals surface area contributed by atoms with E-state index in [1.165, 1.54) is 37.6 Å². The molecule has 0 aliphatic rings. The molecule has 5 nitrogen and oxygen atoms in total. The molecule has 0 atom stereocenters. The van der Waals surface area contributed by atoms with Crippen LogP contribution in [0, 0.1) is 0 Å². The number of fused-ring (bicyclic) bond motifs is 1. The zero-order chi connectivity index (χ0) is 21.2. The Balaban J connectivity index is 1.55. The number of nitrogens with one attached hydrogen (secondary N) is 1. The van der Waals surface area contributed by atoms with Crippen molar-refractivity contribution in [1.82, 2.24) is 14.9 Å². The number of methoxy groups -OCH3 is 1. The summed E-state index contributed by atoms with van der Waals surface area (Å²) >= 11 is 0. The summed E-state index contributed by atoms with van der Waals surface area (Å²) in [6.07, 6.45) is 8.02. The van der Waals surface area contributed by atoms with E-state index in [1.54, 1.807) is 19.2 Å². The van der Waals surface area contributed by atoms with E-state index < -0.39 is 0 Å². The van der Waals surface area contributed by atoms with Gasteiger partial charge in [0.15, 0.2) is 0 Å². The maximum atomic E-state index is 12.4. The summed E-state index contributed by atoms with van der Waals surface area (Å²) in [4.78, 5) is 17.2. The van der Waals surface area contributed by atoms with Gasteiger partial charge in [-0.2, -0.15) is 0 Å². The molecule has 0 aliphatic carbocycles. The topological polar surface area (TPSA) is 56.2 Å². The Kier molecular flexibility index (Phi) is 8.30. The van der Waals surface area contributed by atoms with Crippen molar-refractivity contribution in [2.24, 2.45) is 0 Å². The molecule has 0 bridgehead atoms. The number of hydrogen-bond acceptors (Lipinski definition) is 3. The Labute approximate surface area is 179 Å². The third-order valence-corrected chi connectivity index (χ3v) is 5.41. The maximum absolute atomic E-state index is 12.4. The van der Waals surface area contributed by atoms with Gasteiger partial charge >= 0.3 is 0 Å². The van der Waals surface area contributed by atoms with Crippen LogP contribution >= 0.6 is 0 Å². The summed E-state index contributed by atoms with van der Waals surface area (Å²) in [5.41, 5.74) is 2.89. The Morgan fingerprint density at radius 3 is 2.70 bits per heavy atom. The summed E-state index contributed by atoms with van der Waals surface area (Å²) < 4.78 is 7.56. The Morgan fingerprint density at radius 1 is 1.03 bits per heavy atom. The number of ether oxygens (including phenoxy) is 1. The van der Waals surface area contributed by atoms with Crippen LogP contribution < -0.4 is 10.1 Å². The molecule has 5 heteroatoms. The van der Waals surface area contributed by atoms with E-state index in [2.05, 4.69) is 35.0 Å². The highest BCUT2D eigenvalue weighted by Crippen LogP contribution is 2.19. The first-order valence-electron chi connectivity index (χ1n) is 11.1. The first-order chi connectivity index (χ1) is 14.7. The van der Waals surface area contributed by atoms with Crippen molar-refractivity contribution in [3.8, 4) is 5.75 Å². The van der Waals surface area contributed by atoms with Crippen molar-refractivity contribution in [3.05, 3.63) is 59.9 Å². The number of hydrogen-bond donors (Lipinski definition) is 1. The third kappa shape index (κ3) is 5.85. The van der Waals surface area contributed by atoms with Crippen LogP contribution in [0.2, 0.25) is 0 Å². The molecule has 0 spiro atoms. The lowest BCUT2D eigenvalue weighted by Crippen LogP contribution is -2.25. The molecule has 0 saturated carbocycles. The van der Waals surface area contributed by atoms with Gasteiger partial charge in [0.1, 0.15) is 11.6 Å². The van der Waals surface area contributed by atoms with E-state index in [1.807, 2.05) is 18.2 Å². The van der Waals surface area contributed by atoms with Gasteiger partial charge in [-0.05, 0) is 43.2 Å². The fourth-order valence-corrected chi connectivity index (χ4v) is 3.75. The molecule has 0 unspecified atom stereocenters. The van der Waals surface area contributed by atoms with Gasteiger partial charge in [-0.3, -0.25) is 4.79 Å². The highest BCUT2D eigenvalue weighted by molar-refractivity contribution is 5.94. The van der Waals surface area contributed by atoms with Crippen molar-refractivity contribution in [2.75, 3.05) is 13.7 Å². The molecule has 3 aromatic rings. The SMILES string of the molecule is CCCCCCCn1c(CCCNC(=O)c2cccc(OC)c2)nc2ccccc21. The minimum Gasteiger partial charge on any atom is -0.497 e. The fraction of sp³-hybridized carbons (Fsp3) is 0.440. The second-order valence-corrected chi connectivity index (χ2v) is 7.67. The number of rotatable bonds is 12. The zero-order valence-electron chi connectivity index (χ0n) is 18.2. The Hall–Kier alpha value is -2.82.